The van der Waals surface area contributed by atoms with Crippen molar-refractivity contribution in [2.75, 3.05) is 14.2 Å². The molecule has 0 saturated carbocycles. The first-order valence-electron chi connectivity index (χ1n) is 1.56. The second-order valence-electron chi connectivity index (χ2n) is 0.834. The SMILES string of the molecule is COP(=O)(O)OC.[V]. The Balaban J connectivity index is 0. The number of rotatable bonds is 2. The molecule has 0 aromatic carbocycles. The van der Waals surface area contributed by atoms with Gasteiger partial charge >= 0.3 is 7.82 Å². The summed E-state index contributed by atoms with van der Waals surface area (Å²) in [6.45, 7) is 0. The van der Waals surface area contributed by atoms with Crippen molar-refractivity contribution in [3.05, 3.63) is 0 Å². The predicted molar refractivity (Wildman–Crippen MR) is 23.8 cm³/mol. The van der Waals surface area contributed by atoms with Crippen LogP contribution in [0.5, 0.6) is 0 Å². The molecule has 0 heterocycles. The molecule has 1 N–H and O–H groups in total. The molecular formula is C2H7O4PV. The van der Waals surface area contributed by atoms with E-state index in [0.29, 0.717) is 0 Å². The molecule has 0 aromatic heterocycles. The Labute approximate surface area is 59.7 Å². The van der Waals surface area contributed by atoms with Crippen molar-refractivity contribution in [3.8, 4) is 0 Å². The average Bonchev–Trinajstić information content (AvgIpc) is 1.68. The van der Waals surface area contributed by atoms with Crippen molar-refractivity contribution in [3.63, 3.8) is 0 Å². The number of hydrogen-bond acceptors (Lipinski definition) is 3. The summed E-state index contributed by atoms with van der Waals surface area (Å²) in [5, 5.41) is 0. The van der Waals surface area contributed by atoms with Gasteiger partial charge in [-0.2, -0.15) is 0 Å². The largest absolute Gasteiger partial charge is 0.471 e. The first-order valence-corrected chi connectivity index (χ1v) is 3.06. The number of phosphoric acid groups is 1. The van der Waals surface area contributed by atoms with E-state index in [0.717, 1.165) is 14.2 Å². The topological polar surface area (TPSA) is 55.8 Å². The third-order valence-corrected chi connectivity index (χ3v) is 1.38. The van der Waals surface area contributed by atoms with E-state index < -0.39 is 7.82 Å². The third-order valence-electron chi connectivity index (χ3n) is 0.461. The van der Waals surface area contributed by atoms with Crippen LogP contribution in [-0.2, 0) is 32.2 Å². The van der Waals surface area contributed by atoms with E-state index in [1.54, 1.807) is 0 Å². The van der Waals surface area contributed by atoms with Gasteiger partial charge in [-0.15, -0.1) is 0 Å². The van der Waals surface area contributed by atoms with Crippen LogP contribution in [0.3, 0.4) is 0 Å². The molecule has 0 bridgehead atoms. The molecule has 0 fully saturated rings. The van der Waals surface area contributed by atoms with Crippen molar-refractivity contribution < 1.29 is 37.1 Å². The van der Waals surface area contributed by atoms with Gasteiger partial charge < -0.3 is 4.89 Å². The molecule has 0 aliphatic rings. The Morgan fingerprint density at radius 3 is 1.62 bits per heavy atom. The maximum Gasteiger partial charge on any atom is 0.471 e. The molecule has 0 saturated heterocycles. The fraction of sp³-hybridized carbons (Fsp3) is 1.00. The second kappa shape index (κ2) is 4.56. The van der Waals surface area contributed by atoms with Gasteiger partial charge in [0.05, 0.1) is 0 Å². The Morgan fingerprint density at radius 1 is 1.38 bits per heavy atom. The summed E-state index contributed by atoms with van der Waals surface area (Å²) >= 11 is 0. The number of phosphoric ester groups is 1. The van der Waals surface area contributed by atoms with Crippen LogP contribution in [0.25, 0.3) is 0 Å². The summed E-state index contributed by atoms with van der Waals surface area (Å²) in [5.41, 5.74) is 0. The summed E-state index contributed by atoms with van der Waals surface area (Å²) in [4.78, 5) is 8.24. The van der Waals surface area contributed by atoms with Crippen LogP contribution in [0.1, 0.15) is 0 Å². The van der Waals surface area contributed by atoms with Gasteiger partial charge in [0.25, 0.3) is 0 Å². The van der Waals surface area contributed by atoms with Crippen LogP contribution >= 0.6 is 7.82 Å². The summed E-state index contributed by atoms with van der Waals surface area (Å²) in [6, 6.07) is 0. The third kappa shape index (κ3) is 4.84. The van der Waals surface area contributed by atoms with Gasteiger partial charge in [0, 0.05) is 32.8 Å². The second-order valence-corrected chi connectivity index (χ2v) is 2.50. The van der Waals surface area contributed by atoms with E-state index >= 15 is 0 Å². The molecule has 0 rings (SSSR count). The molecule has 0 spiro atoms. The van der Waals surface area contributed by atoms with E-state index in [1.165, 1.54) is 0 Å². The Bertz CT molecular complexity index is 86.0. The monoisotopic (exact) mass is 177 g/mol. The van der Waals surface area contributed by atoms with Gasteiger partial charge in [0.1, 0.15) is 0 Å². The van der Waals surface area contributed by atoms with Crippen molar-refractivity contribution in [1.82, 2.24) is 0 Å². The quantitative estimate of drug-likeness (QED) is 0.619. The van der Waals surface area contributed by atoms with Gasteiger partial charge in [0.15, 0.2) is 0 Å². The van der Waals surface area contributed by atoms with Gasteiger partial charge in [-0.05, 0) is 0 Å². The summed E-state index contributed by atoms with van der Waals surface area (Å²) < 4.78 is 18.0. The van der Waals surface area contributed by atoms with Crippen LogP contribution in [0.15, 0.2) is 0 Å². The van der Waals surface area contributed by atoms with Crippen molar-refractivity contribution >= 4 is 7.82 Å². The Kier molecular flexibility index (Phi) is 6.55. The zero-order valence-electron chi connectivity index (χ0n) is 4.57. The van der Waals surface area contributed by atoms with Crippen molar-refractivity contribution in [2.24, 2.45) is 0 Å². The Hall–Kier alpha value is 0.694. The van der Waals surface area contributed by atoms with E-state index in [4.69, 9.17) is 4.89 Å². The molecule has 8 heavy (non-hydrogen) atoms. The minimum atomic E-state index is -3.65. The first kappa shape index (κ1) is 11.5. The van der Waals surface area contributed by atoms with Crippen LogP contribution in [0, 0.1) is 0 Å². The van der Waals surface area contributed by atoms with E-state index in [9.17, 15) is 4.57 Å². The molecule has 0 unspecified atom stereocenters. The standard InChI is InChI=1S/C2H7O4P.V/c1-5-7(3,4)6-2;/h1-2H3,(H,3,4);. The fourth-order valence-corrected chi connectivity index (χ4v) is 0.224. The Morgan fingerprint density at radius 2 is 1.62 bits per heavy atom. The molecule has 1 radical (unpaired) electrons. The summed E-state index contributed by atoms with van der Waals surface area (Å²) in [6.07, 6.45) is 0. The van der Waals surface area contributed by atoms with Crippen LogP contribution in [0.4, 0.5) is 0 Å². The van der Waals surface area contributed by atoms with Gasteiger partial charge in [-0.1, -0.05) is 0 Å². The minimum Gasteiger partial charge on any atom is -0.303 e. The molecule has 4 nitrogen and oxygen atoms in total. The van der Waals surface area contributed by atoms with E-state index in [2.05, 4.69) is 9.05 Å². The summed E-state index contributed by atoms with van der Waals surface area (Å²) in [7, 11) is -1.45. The zero-order valence-corrected chi connectivity index (χ0v) is 6.86. The van der Waals surface area contributed by atoms with Crippen molar-refractivity contribution in [2.45, 2.75) is 0 Å². The van der Waals surface area contributed by atoms with Crippen LogP contribution in [0.2, 0.25) is 0 Å². The predicted octanol–water partition coefficient (Wildman–Crippen LogP) is 0.377. The molecule has 0 amide bonds. The van der Waals surface area contributed by atoms with E-state index in [1.807, 2.05) is 0 Å². The molecular weight excluding hydrogens is 170 g/mol. The minimum absolute atomic E-state index is 0. The molecule has 6 heteroatoms. The van der Waals surface area contributed by atoms with Crippen LogP contribution in [-0.4, -0.2) is 19.1 Å². The smallest absolute Gasteiger partial charge is 0.303 e. The van der Waals surface area contributed by atoms with Gasteiger partial charge in [-0.3, -0.25) is 9.05 Å². The summed E-state index contributed by atoms with van der Waals surface area (Å²) in [5.74, 6) is 0. The normalized spacial score (nSPS) is 10.4. The zero-order chi connectivity index (χ0) is 5.91. The molecule has 0 atom stereocenters. The average molecular weight is 177 g/mol. The number of hydrogen-bond donors (Lipinski definition) is 1. The first-order chi connectivity index (χ1) is 3.12. The molecule has 0 aliphatic carbocycles. The van der Waals surface area contributed by atoms with E-state index in [-0.39, 0.29) is 18.6 Å². The molecule has 0 aliphatic heterocycles. The molecule has 0 aromatic rings. The fourth-order valence-electron chi connectivity index (χ4n) is 0.0745. The maximum absolute atomic E-state index is 10.1. The van der Waals surface area contributed by atoms with Crippen molar-refractivity contribution in [1.29, 1.82) is 0 Å². The van der Waals surface area contributed by atoms with Gasteiger partial charge in [-0.25, -0.2) is 4.57 Å². The maximum atomic E-state index is 10.1. The van der Waals surface area contributed by atoms with Crippen LogP contribution < -0.4 is 0 Å². The van der Waals surface area contributed by atoms with Gasteiger partial charge in [0.2, 0.25) is 0 Å². The molecule has 49 valence electrons.